The average molecular weight is 400 g/mol. The fourth-order valence-electron chi connectivity index (χ4n) is 3.78. The summed E-state index contributed by atoms with van der Waals surface area (Å²) in [5.74, 6) is 0. The van der Waals surface area contributed by atoms with Gasteiger partial charge in [-0.15, -0.1) is 11.3 Å². The van der Waals surface area contributed by atoms with Gasteiger partial charge in [0.15, 0.2) is 0 Å². The quantitative estimate of drug-likeness (QED) is 0.574. The van der Waals surface area contributed by atoms with E-state index in [9.17, 15) is 13.2 Å². The van der Waals surface area contributed by atoms with Gasteiger partial charge >= 0.3 is 6.18 Å². The number of hydrogen-bond donors (Lipinski definition) is 1. The van der Waals surface area contributed by atoms with Crippen molar-refractivity contribution in [3.05, 3.63) is 45.3 Å². The van der Waals surface area contributed by atoms with Gasteiger partial charge in [0.2, 0.25) is 0 Å². The Bertz CT molecular complexity index is 819. The fraction of sp³-hybridized carbons (Fsp3) is 0.500. The highest BCUT2D eigenvalue weighted by molar-refractivity contribution is 7.77. The molecular formula is C20H24F3NS2. The van der Waals surface area contributed by atoms with Crippen LogP contribution in [0, 0.1) is 12.3 Å². The van der Waals surface area contributed by atoms with Crippen LogP contribution >= 0.6 is 24.2 Å². The Kier molecular flexibility index (Phi) is 5.23. The molecule has 0 fully saturated rings. The van der Waals surface area contributed by atoms with Crippen LogP contribution < -0.4 is 0 Å². The molecule has 0 amide bonds. The zero-order chi connectivity index (χ0) is 19.3. The molecule has 1 heterocycles. The summed E-state index contributed by atoms with van der Waals surface area (Å²) in [6, 6.07) is 4.46. The third kappa shape index (κ3) is 3.82. The molecule has 0 unspecified atom stereocenters. The molecule has 0 atom stereocenters. The number of alkyl halides is 3. The van der Waals surface area contributed by atoms with Crippen molar-refractivity contribution in [2.45, 2.75) is 52.8 Å². The molecule has 0 bridgehead atoms. The number of benzene rings is 1. The van der Waals surface area contributed by atoms with Crippen molar-refractivity contribution in [2.75, 3.05) is 7.05 Å². The summed E-state index contributed by atoms with van der Waals surface area (Å²) in [7, 11) is 1.75. The number of thiophene rings is 1. The first-order chi connectivity index (χ1) is 12.0. The molecule has 142 valence electrons. The van der Waals surface area contributed by atoms with Gasteiger partial charge in [0, 0.05) is 21.9 Å². The van der Waals surface area contributed by atoms with E-state index in [-0.39, 0.29) is 5.41 Å². The third-order valence-electron chi connectivity index (χ3n) is 5.12. The molecule has 1 aliphatic rings. The Hall–Kier alpha value is -0.980. The van der Waals surface area contributed by atoms with Gasteiger partial charge in [-0.2, -0.15) is 13.2 Å². The van der Waals surface area contributed by atoms with E-state index < -0.39 is 11.7 Å². The highest BCUT2D eigenvalue weighted by atomic mass is 32.1. The lowest BCUT2D eigenvalue weighted by molar-refractivity contribution is -0.137. The van der Waals surface area contributed by atoms with E-state index in [0.717, 1.165) is 29.7 Å². The molecule has 0 radical (unpaired) electrons. The summed E-state index contributed by atoms with van der Waals surface area (Å²) >= 11 is 5.80. The summed E-state index contributed by atoms with van der Waals surface area (Å²) in [5.41, 5.74) is 2.91. The first-order valence-electron chi connectivity index (χ1n) is 8.70. The van der Waals surface area contributed by atoms with E-state index >= 15 is 0 Å². The normalized spacial score (nSPS) is 16.8. The number of rotatable bonds is 3. The standard InChI is InChI=1S/C20H24F3NS2/c1-12-14-10-19(2,3)9-8-16(14)26-18(12)17-13(11-24(4)25)6-5-7-15(17)20(21,22)23/h5-7,25H,8-11H2,1-4H3. The van der Waals surface area contributed by atoms with Crippen LogP contribution in [0.5, 0.6) is 0 Å². The molecule has 1 aromatic heterocycles. The maximum absolute atomic E-state index is 13.8. The summed E-state index contributed by atoms with van der Waals surface area (Å²) in [6.45, 7) is 6.80. The lowest BCUT2D eigenvalue weighted by Gasteiger charge is -2.29. The van der Waals surface area contributed by atoms with Crippen LogP contribution in [0.3, 0.4) is 0 Å². The lowest BCUT2D eigenvalue weighted by atomic mass is 9.76. The number of halogens is 3. The van der Waals surface area contributed by atoms with Crippen LogP contribution in [0.4, 0.5) is 13.2 Å². The second kappa shape index (κ2) is 6.88. The Balaban J connectivity index is 2.22. The smallest absolute Gasteiger partial charge is 0.252 e. The lowest BCUT2D eigenvalue weighted by Crippen LogP contribution is -2.21. The van der Waals surface area contributed by atoms with Gasteiger partial charge in [0.1, 0.15) is 0 Å². The minimum absolute atomic E-state index is 0.202. The van der Waals surface area contributed by atoms with Crippen molar-refractivity contribution in [1.29, 1.82) is 0 Å². The summed E-state index contributed by atoms with van der Waals surface area (Å²) in [4.78, 5) is 2.02. The number of fused-ring (bicyclic) bond motifs is 1. The molecule has 26 heavy (non-hydrogen) atoms. The van der Waals surface area contributed by atoms with E-state index in [1.54, 1.807) is 28.8 Å². The van der Waals surface area contributed by atoms with Gasteiger partial charge in [-0.1, -0.05) is 38.8 Å². The summed E-state index contributed by atoms with van der Waals surface area (Å²) < 4.78 is 42.9. The molecule has 2 aromatic rings. The van der Waals surface area contributed by atoms with Crippen LogP contribution in [0.25, 0.3) is 10.4 Å². The van der Waals surface area contributed by atoms with Gasteiger partial charge in [-0.3, -0.25) is 4.31 Å². The average Bonchev–Trinajstić information content (AvgIpc) is 2.81. The van der Waals surface area contributed by atoms with Gasteiger partial charge in [0.05, 0.1) is 5.56 Å². The van der Waals surface area contributed by atoms with Crippen LogP contribution in [0.1, 0.15) is 47.4 Å². The van der Waals surface area contributed by atoms with E-state index in [0.29, 0.717) is 17.7 Å². The summed E-state index contributed by atoms with van der Waals surface area (Å²) in [6.07, 6.45) is -1.42. The van der Waals surface area contributed by atoms with E-state index in [4.69, 9.17) is 0 Å². The van der Waals surface area contributed by atoms with Gasteiger partial charge in [-0.05, 0) is 61.4 Å². The highest BCUT2D eigenvalue weighted by Gasteiger charge is 2.37. The van der Waals surface area contributed by atoms with Crippen LogP contribution in [0.2, 0.25) is 0 Å². The largest absolute Gasteiger partial charge is 0.417 e. The molecule has 0 saturated heterocycles. The second-order valence-electron chi connectivity index (χ2n) is 7.95. The van der Waals surface area contributed by atoms with Crippen LogP contribution in [0.15, 0.2) is 18.2 Å². The molecule has 6 heteroatoms. The zero-order valence-electron chi connectivity index (χ0n) is 15.5. The first-order valence-corrected chi connectivity index (χ1v) is 9.92. The SMILES string of the molecule is Cc1c(-c2c(CN(C)S)cccc2C(F)(F)F)sc2c1CC(C)(C)CC2. The Morgan fingerprint density at radius 2 is 1.96 bits per heavy atom. The highest BCUT2D eigenvalue weighted by Crippen LogP contribution is 2.48. The fourth-order valence-corrected chi connectivity index (χ4v) is 5.35. The van der Waals surface area contributed by atoms with Crippen molar-refractivity contribution in [1.82, 2.24) is 4.31 Å². The van der Waals surface area contributed by atoms with E-state index in [1.165, 1.54) is 22.6 Å². The number of hydrogen-bond acceptors (Lipinski definition) is 3. The topological polar surface area (TPSA) is 3.24 Å². The molecule has 3 rings (SSSR count). The molecule has 0 spiro atoms. The molecule has 0 N–H and O–H groups in total. The van der Waals surface area contributed by atoms with Crippen molar-refractivity contribution in [3.8, 4) is 10.4 Å². The Morgan fingerprint density at radius 3 is 2.58 bits per heavy atom. The predicted octanol–water partition coefficient (Wildman–Crippen LogP) is 6.53. The van der Waals surface area contributed by atoms with Crippen LogP contribution in [-0.2, 0) is 25.6 Å². The monoisotopic (exact) mass is 399 g/mol. The maximum Gasteiger partial charge on any atom is 0.417 e. The Morgan fingerprint density at radius 1 is 1.27 bits per heavy atom. The molecular weight excluding hydrogens is 375 g/mol. The number of thiol groups is 1. The van der Waals surface area contributed by atoms with Gasteiger partial charge in [-0.25, -0.2) is 0 Å². The maximum atomic E-state index is 13.8. The minimum Gasteiger partial charge on any atom is -0.252 e. The van der Waals surface area contributed by atoms with E-state index in [2.05, 4.69) is 26.7 Å². The molecule has 1 nitrogen and oxygen atoms in total. The van der Waals surface area contributed by atoms with Crippen molar-refractivity contribution in [2.24, 2.45) is 5.41 Å². The Labute approximate surface area is 162 Å². The third-order valence-corrected chi connectivity index (χ3v) is 6.67. The predicted molar refractivity (Wildman–Crippen MR) is 106 cm³/mol. The summed E-state index contributed by atoms with van der Waals surface area (Å²) in [5, 5.41) is 0. The number of nitrogens with zero attached hydrogens (tertiary/aromatic N) is 1. The molecule has 0 saturated carbocycles. The van der Waals surface area contributed by atoms with E-state index in [1.807, 2.05) is 6.92 Å². The molecule has 0 aliphatic heterocycles. The van der Waals surface area contributed by atoms with Crippen molar-refractivity contribution >= 4 is 24.2 Å². The second-order valence-corrected chi connectivity index (χ2v) is 9.74. The minimum atomic E-state index is -4.38. The first kappa shape index (κ1) is 19.8. The number of aryl methyl sites for hydroxylation is 1. The molecule has 1 aliphatic carbocycles. The van der Waals surface area contributed by atoms with Crippen LogP contribution in [-0.4, -0.2) is 11.4 Å². The van der Waals surface area contributed by atoms with Gasteiger partial charge in [0.25, 0.3) is 0 Å². The van der Waals surface area contributed by atoms with Gasteiger partial charge < -0.3 is 0 Å². The zero-order valence-corrected chi connectivity index (χ0v) is 17.2. The van der Waals surface area contributed by atoms with Crippen molar-refractivity contribution in [3.63, 3.8) is 0 Å². The molecule has 1 aromatic carbocycles. The van der Waals surface area contributed by atoms with Crippen molar-refractivity contribution < 1.29 is 13.2 Å².